The van der Waals surface area contributed by atoms with E-state index in [2.05, 4.69) is 36.1 Å². The number of ether oxygens (including phenoxy) is 1. The Morgan fingerprint density at radius 2 is 2.10 bits per heavy atom. The molecule has 0 radical (unpaired) electrons. The molecule has 0 amide bonds. The van der Waals surface area contributed by atoms with Crippen LogP contribution in [0.15, 0.2) is 0 Å². The lowest BCUT2D eigenvalue weighted by atomic mass is 9.64. The third kappa shape index (κ3) is 2.59. The summed E-state index contributed by atoms with van der Waals surface area (Å²) in [5.41, 5.74) is 7.03. The van der Waals surface area contributed by atoms with Crippen molar-refractivity contribution < 1.29 is 4.74 Å². The average molecular weight is 278 g/mol. The van der Waals surface area contributed by atoms with Crippen LogP contribution in [0.25, 0.3) is 0 Å². The Labute approximate surface area is 121 Å². The summed E-state index contributed by atoms with van der Waals surface area (Å²) >= 11 is 0. The van der Waals surface area contributed by atoms with Crippen LogP contribution in [0, 0.1) is 12.3 Å². The zero-order valence-electron chi connectivity index (χ0n) is 13.2. The smallest absolute Gasteiger partial charge is 0.135 e. The number of aromatic nitrogens is 2. The van der Waals surface area contributed by atoms with E-state index in [1.807, 2.05) is 6.92 Å². The van der Waals surface area contributed by atoms with E-state index in [4.69, 9.17) is 10.5 Å². The Bertz CT molecular complexity index is 487. The third-order valence-electron chi connectivity index (χ3n) is 4.48. The minimum atomic E-state index is 0.103. The molecule has 1 aromatic heterocycles. The summed E-state index contributed by atoms with van der Waals surface area (Å²) in [7, 11) is 1.77. The Hall–Kier alpha value is -1.36. The highest BCUT2D eigenvalue weighted by atomic mass is 16.5. The van der Waals surface area contributed by atoms with Crippen molar-refractivity contribution in [3.8, 4) is 0 Å². The number of rotatable bonds is 5. The fourth-order valence-corrected chi connectivity index (χ4v) is 2.75. The summed E-state index contributed by atoms with van der Waals surface area (Å²) in [5.74, 6) is 2.26. The Kier molecular flexibility index (Phi) is 4.18. The van der Waals surface area contributed by atoms with Gasteiger partial charge in [-0.15, -0.1) is 0 Å². The van der Waals surface area contributed by atoms with Crippen LogP contribution in [0.5, 0.6) is 0 Å². The van der Waals surface area contributed by atoms with Crippen molar-refractivity contribution in [2.45, 2.75) is 59.1 Å². The summed E-state index contributed by atoms with van der Waals surface area (Å²) in [6.07, 6.45) is 3.17. The quantitative estimate of drug-likeness (QED) is 0.866. The highest BCUT2D eigenvalue weighted by molar-refractivity contribution is 5.55. The first kappa shape index (κ1) is 15.0. The maximum Gasteiger partial charge on any atom is 0.135 e. The van der Waals surface area contributed by atoms with Crippen molar-refractivity contribution in [1.29, 1.82) is 0 Å². The first-order chi connectivity index (χ1) is 9.40. The summed E-state index contributed by atoms with van der Waals surface area (Å²) < 4.78 is 5.49. The van der Waals surface area contributed by atoms with Gasteiger partial charge in [-0.2, -0.15) is 0 Å². The van der Waals surface area contributed by atoms with Crippen molar-refractivity contribution in [2.75, 3.05) is 18.2 Å². The maximum atomic E-state index is 5.99. The number of nitrogens with two attached hydrogens (primary N) is 1. The van der Waals surface area contributed by atoms with Gasteiger partial charge in [-0.25, -0.2) is 9.97 Å². The van der Waals surface area contributed by atoms with Gasteiger partial charge in [0.05, 0.1) is 6.10 Å². The molecule has 0 saturated heterocycles. The molecule has 2 unspecified atom stereocenters. The molecule has 1 saturated carbocycles. The monoisotopic (exact) mass is 278 g/mol. The molecule has 1 aromatic rings. The maximum absolute atomic E-state index is 5.99. The molecule has 3 N–H and O–H groups in total. The lowest BCUT2D eigenvalue weighted by Gasteiger charge is -2.51. The van der Waals surface area contributed by atoms with Crippen molar-refractivity contribution in [3.05, 3.63) is 11.4 Å². The van der Waals surface area contributed by atoms with Crippen LogP contribution in [0.3, 0.4) is 0 Å². The summed E-state index contributed by atoms with van der Waals surface area (Å²) in [6, 6.07) is 0.356. The minimum Gasteiger partial charge on any atom is -0.383 e. The molecule has 2 rings (SSSR count). The average Bonchev–Trinajstić information content (AvgIpc) is 2.39. The molecule has 2 atom stereocenters. The zero-order valence-corrected chi connectivity index (χ0v) is 13.2. The van der Waals surface area contributed by atoms with Gasteiger partial charge in [-0.1, -0.05) is 20.8 Å². The number of nitrogens with zero attached hydrogens (tertiary/aromatic N) is 2. The molecular weight excluding hydrogens is 252 g/mol. The van der Waals surface area contributed by atoms with Gasteiger partial charge in [0, 0.05) is 30.6 Å². The van der Waals surface area contributed by atoms with Gasteiger partial charge in [0.1, 0.15) is 17.5 Å². The van der Waals surface area contributed by atoms with E-state index >= 15 is 0 Å². The van der Waals surface area contributed by atoms with Crippen LogP contribution >= 0.6 is 0 Å². The van der Waals surface area contributed by atoms with Crippen molar-refractivity contribution in [1.82, 2.24) is 9.97 Å². The number of nitrogens with one attached hydrogen (secondary N) is 1. The molecule has 112 valence electrons. The first-order valence-electron chi connectivity index (χ1n) is 7.32. The standard InChI is InChI=1S/C15H26N4O/c1-6-7-12-18-13(16)9(2)14(19-12)17-10-8-11(20-5)15(10,3)4/h10-11H,6-8H2,1-5H3,(H3,16,17,18,19). The minimum absolute atomic E-state index is 0.103. The highest BCUT2D eigenvalue weighted by Gasteiger charge is 2.48. The van der Waals surface area contributed by atoms with E-state index in [-0.39, 0.29) is 5.41 Å². The molecule has 1 aliphatic rings. The Balaban J connectivity index is 2.17. The molecule has 1 heterocycles. The van der Waals surface area contributed by atoms with Gasteiger partial charge in [0.2, 0.25) is 0 Å². The third-order valence-corrected chi connectivity index (χ3v) is 4.48. The van der Waals surface area contributed by atoms with Crippen LogP contribution in [-0.4, -0.2) is 29.2 Å². The molecule has 0 aliphatic heterocycles. The van der Waals surface area contributed by atoms with Crippen LogP contribution in [0.4, 0.5) is 11.6 Å². The predicted octanol–water partition coefficient (Wildman–Crippen LogP) is 2.55. The molecule has 0 bridgehead atoms. The second-order valence-corrected chi connectivity index (χ2v) is 6.23. The van der Waals surface area contributed by atoms with E-state index < -0.39 is 0 Å². The van der Waals surface area contributed by atoms with E-state index in [1.165, 1.54) is 0 Å². The molecule has 1 aliphatic carbocycles. The van der Waals surface area contributed by atoms with Crippen molar-refractivity contribution >= 4 is 11.6 Å². The van der Waals surface area contributed by atoms with E-state index in [0.717, 1.165) is 36.5 Å². The number of hydrogen-bond acceptors (Lipinski definition) is 5. The molecule has 20 heavy (non-hydrogen) atoms. The van der Waals surface area contributed by atoms with Crippen LogP contribution < -0.4 is 11.1 Å². The first-order valence-corrected chi connectivity index (χ1v) is 7.32. The van der Waals surface area contributed by atoms with Gasteiger partial charge >= 0.3 is 0 Å². The molecule has 0 aromatic carbocycles. The molecular formula is C15H26N4O. The van der Waals surface area contributed by atoms with E-state index in [9.17, 15) is 0 Å². The largest absolute Gasteiger partial charge is 0.383 e. The van der Waals surface area contributed by atoms with Gasteiger partial charge in [0.15, 0.2) is 0 Å². The van der Waals surface area contributed by atoms with Crippen LogP contribution in [0.2, 0.25) is 0 Å². The fourth-order valence-electron chi connectivity index (χ4n) is 2.75. The summed E-state index contributed by atoms with van der Waals surface area (Å²) in [4.78, 5) is 8.96. The summed E-state index contributed by atoms with van der Waals surface area (Å²) in [5, 5.41) is 3.53. The lowest BCUT2D eigenvalue weighted by molar-refractivity contribution is -0.0795. The molecule has 5 nitrogen and oxygen atoms in total. The number of aryl methyl sites for hydroxylation is 1. The number of nitrogen functional groups attached to an aromatic ring is 1. The van der Waals surface area contributed by atoms with Gasteiger partial charge in [-0.3, -0.25) is 0 Å². The second kappa shape index (κ2) is 5.56. The van der Waals surface area contributed by atoms with Crippen LogP contribution in [-0.2, 0) is 11.2 Å². The van der Waals surface area contributed by atoms with Crippen LogP contribution in [0.1, 0.15) is 45.0 Å². The fraction of sp³-hybridized carbons (Fsp3) is 0.733. The Morgan fingerprint density at radius 1 is 1.40 bits per heavy atom. The zero-order chi connectivity index (χ0) is 14.9. The van der Waals surface area contributed by atoms with Gasteiger partial charge < -0.3 is 15.8 Å². The highest BCUT2D eigenvalue weighted by Crippen LogP contribution is 2.44. The topological polar surface area (TPSA) is 73.1 Å². The van der Waals surface area contributed by atoms with Crippen molar-refractivity contribution in [2.24, 2.45) is 5.41 Å². The molecule has 0 spiro atoms. The second-order valence-electron chi connectivity index (χ2n) is 6.23. The van der Waals surface area contributed by atoms with Gasteiger partial charge in [0.25, 0.3) is 0 Å². The lowest BCUT2D eigenvalue weighted by Crippen LogP contribution is -2.57. The normalized spacial score (nSPS) is 24.2. The van der Waals surface area contributed by atoms with Gasteiger partial charge in [-0.05, 0) is 19.8 Å². The number of hydrogen-bond donors (Lipinski definition) is 2. The van der Waals surface area contributed by atoms with Crippen molar-refractivity contribution in [3.63, 3.8) is 0 Å². The number of anilines is 2. The number of methoxy groups -OCH3 is 1. The molecule has 5 heteroatoms. The SMILES string of the molecule is CCCc1nc(N)c(C)c(NC2CC(OC)C2(C)C)n1. The van der Waals surface area contributed by atoms with E-state index in [0.29, 0.717) is 18.0 Å². The predicted molar refractivity (Wildman–Crippen MR) is 81.8 cm³/mol. The Morgan fingerprint density at radius 3 is 2.65 bits per heavy atom. The molecule has 1 fully saturated rings. The summed E-state index contributed by atoms with van der Waals surface area (Å²) in [6.45, 7) is 8.52. The van der Waals surface area contributed by atoms with E-state index in [1.54, 1.807) is 7.11 Å².